The normalized spacial score (nSPS) is 37.4. The van der Waals surface area contributed by atoms with Gasteiger partial charge in [0.05, 0.1) is 19.1 Å². The van der Waals surface area contributed by atoms with Crippen LogP contribution in [0.2, 0.25) is 0 Å². The zero-order chi connectivity index (χ0) is 13.4. The average molecular weight is 267 g/mol. The minimum atomic E-state index is -0.467. The zero-order valence-electron chi connectivity index (χ0n) is 11.2. The fourth-order valence-electron chi connectivity index (χ4n) is 3.56. The van der Waals surface area contributed by atoms with Crippen molar-refractivity contribution in [2.45, 2.75) is 37.4 Å². The lowest BCUT2D eigenvalue weighted by atomic mass is 9.87. The Balaban J connectivity index is 1.72. The van der Waals surface area contributed by atoms with Crippen LogP contribution in [0.15, 0.2) is 0 Å². The van der Waals surface area contributed by atoms with Crippen LogP contribution in [0.4, 0.5) is 0 Å². The molecule has 3 aliphatic rings. The molecule has 106 valence electrons. The highest BCUT2D eigenvalue weighted by Gasteiger charge is 2.46. The van der Waals surface area contributed by atoms with Gasteiger partial charge in [0.25, 0.3) is 0 Å². The van der Waals surface area contributed by atoms with Crippen LogP contribution in [0, 0.1) is 5.92 Å². The number of rotatable bonds is 2. The highest BCUT2D eigenvalue weighted by molar-refractivity contribution is 5.89. The van der Waals surface area contributed by atoms with Gasteiger partial charge in [0.2, 0.25) is 11.8 Å². The van der Waals surface area contributed by atoms with Gasteiger partial charge >= 0.3 is 0 Å². The van der Waals surface area contributed by atoms with E-state index in [1.165, 1.54) is 6.42 Å². The van der Waals surface area contributed by atoms with Gasteiger partial charge in [-0.3, -0.25) is 9.59 Å². The van der Waals surface area contributed by atoms with Crippen molar-refractivity contribution in [2.24, 2.45) is 5.92 Å². The van der Waals surface area contributed by atoms with Gasteiger partial charge in [0, 0.05) is 25.7 Å². The van der Waals surface area contributed by atoms with Crippen LogP contribution in [0.5, 0.6) is 0 Å². The first-order valence-electron chi connectivity index (χ1n) is 7.06. The number of likely N-dealkylation sites (N-methyl/N-ethyl adjacent to an activating group) is 1. The lowest BCUT2D eigenvalue weighted by molar-refractivity contribution is -0.151. The molecule has 19 heavy (non-hydrogen) atoms. The van der Waals surface area contributed by atoms with Gasteiger partial charge in [0.15, 0.2) is 0 Å². The topological polar surface area (TPSA) is 70.7 Å². The number of hydrogen-bond acceptors (Lipinski definition) is 4. The monoisotopic (exact) mass is 267 g/mol. The molecule has 0 saturated carbocycles. The predicted molar refractivity (Wildman–Crippen MR) is 68.4 cm³/mol. The molecule has 3 aliphatic heterocycles. The van der Waals surface area contributed by atoms with E-state index in [-0.39, 0.29) is 17.7 Å². The predicted octanol–water partition coefficient (Wildman–Crippen LogP) is -0.900. The Morgan fingerprint density at radius 1 is 1.37 bits per heavy atom. The van der Waals surface area contributed by atoms with Gasteiger partial charge in [-0.1, -0.05) is 0 Å². The van der Waals surface area contributed by atoms with Crippen molar-refractivity contribution in [2.75, 3.05) is 26.8 Å². The molecule has 0 aromatic rings. The first-order valence-corrected chi connectivity index (χ1v) is 7.06. The SMILES string of the molecule is CNC(=O)C1COCCN1C(=O)C1CC2CCC1N2. The molecule has 3 fully saturated rings. The first-order chi connectivity index (χ1) is 9.20. The summed E-state index contributed by atoms with van der Waals surface area (Å²) in [5, 5.41) is 6.09. The number of hydrogen-bond donors (Lipinski definition) is 2. The number of carbonyl (C=O) groups excluding carboxylic acids is 2. The fourth-order valence-corrected chi connectivity index (χ4v) is 3.56. The molecular weight excluding hydrogens is 246 g/mol. The van der Waals surface area contributed by atoms with E-state index < -0.39 is 6.04 Å². The number of nitrogens with zero attached hydrogens (tertiary/aromatic N) is 1. The summed E-state index contributed by atoms with van der Waals surface area (Å²) in [6.45, 7) is 1.35. The van der Waals surface area contributed by atoms with Crippen LogP contribution in [0.25, 0.3) is 0 Å². The molecule has 3 rings (SSSR count). The number of amides is 2. The number of carbonyl (C=O) groups is 2. The van der Waals surface area contributed by atoms with E-state index >= 15 is 0 Å². The number of nitrogens with one attached hydrogen (secondary N) is 2. The molecule has 3 heterocycles. The van der Waals surface area contributed by atoms with Gasteiger partial charge in [-0.05, 0) is 19.3 Å². The van der Waals surface area contributed by atoms with E-state index in [2.05, 4.69) is 10.6 Å². The summed E-state index contributed by atoms with van der Waals surface area (Å²) in [7, 11) is 1.60. The second kappa shape index (κ2) is 5.09. The van der Waals surface area contributed by atoms with E-state index in [0.29, 0.717) is 31.8 Å². The van der Waals surface area contributed by atoms with Crippen LogP contribution in [0.1, 0.15) is 19.3 Å². The van der Waals surface area contributed by atoms with Crippen molar-refractivity contribution in [3.63, 3.8) is 0 Å². The molecular formula is C13H21N3O3. The van der Waals surface area contributed by atoms with E-state index in [9.17, 15) is 9.59 Å². The molecule has 0 aliphatic carbocycles. The van der Waals surface area contributed by atoms with Crippen LogP contribution < -0.4 is 10.6 Å². The van der Waals surface area contributed by atoms with Crippen LogP contribution in [-0.4, -0.2) is 61.6 Å². The highest BCUT2D eigenvalue weighted by atomic mass is 16.5. The Bertz CT molecular complexity index is 387. The molecule has 2 amide bonds. The molecule has 2 bridgehead atoms. The second-order valence-corrected chi connectivity index (χ2v) is 5.63. The van der Waals surface area contributed by atoms with E-state index in [1.807, 2.05) is 0 Å². The molecule has 0 radical (unpaired) electrons. The third-order valence-corrected chi connectivity index (χ3v) is 4.58. The minimum absolute atomic E-state index is 0.0454. The second-order valence-electron chi connectivity index (χ2n) is 5.63. The Kier molecular flexibility index (Phi) is 3.45. The third-order valence-electron chi connectivity index (χ3n) is 4.58. The molecule has 0 spiro atoms. The quantitative estimate of drug-likeness (QED) is 0.680. The standard InChI is InChI=1S/C13H21N3O3/c1-14-12(17)11-7-19-5-4-16(11)13(18)9-6-8-2-3-10(9)15-8/h8-11,15H,2-7H2,1H3,(H,14,17). The van der Waals surface area contributed by atoms with Gasteiger partial charge in [-0.15, -0.1) is 0 Å². The summed E-state index contributed by atoms with van der Waals surface area (Å²) in [5.74, 6) is 0.0322. The smallest absolute Gasteiger partial charge is 0.244 e. The van der Waals surface area contributed by atoms with Crippen LogP contribution in [-0.2, 0) is 14.3 Å². The highest BCUT2D eigenvalue weighted by Crippen LogP contribution is 2.34. The lowest BCUT2D eigenvalue weighted by Gasteiger charge is -2.37. The third kappa shape index (κ3) is 2.23. The van der Waals surface area contributed by atoms with Crippen LogP contribution >= 0.6 is 0 Å². The zero-order valence-corrected chi connectivity index (χ0v) is 11.2. The Morgan fingerprint density at radius 3 is 2.84 bits per heavy atom. The first kappa shape index (κ1) is 12.9. The van der Waals surface area contributed by atoms with Gasteiger partial charge in [-0.25, -0.2) is 0 Å². The van der Waals surface area contributed by atoms with Crippen molar-refractivity contribution < 1.29 is 14.3 Å². The molecule has 0 aromatic heterocycles. The molecule has 6 heteroatoms. The number of morpholine rings is 1. The van der Waals surface area contributed by atoms with E-state index in [1.54, 1.807) is 11.9 Å². The fraction of sp³-hybridized carbons (Fsp3) is 0.846. The maximum absolute atomic E-state index is 12.7. The number of ether oxygens (including phenoxy) is 1. The van der Waals surface area contributed by atoms with Gasteiger partial charge in [0.1, 0.15) is 6.04 Å². The van der Waals surface area contributed by atoms with Gasteiger partial charge in [-0.2, -0.15) is 0 Å². The summed E-state index contributed by atoms with van der Waals surface area (Å²) in [4.78, 5) is 26.2. The maximum atomic E-state index is 12.7. The summed E-state index contributed by atoms with van der Waals surface area (Å²) < 4.78 is 5.34. The van der Waals surface area contributed by atoms with E-state index in [0.717, 1.165) is 12.8 Å². The molecule has 2 N–H and O–H groups in total. The summed E-state index contributed by atoms with van der Waals surface area (Å²) in [5.41, 5.74) is 0. The number of fused-ring (bicyclic) bond motifs is 2. The summed E-state index contributed by atoms with van der Waals surface area (Å²) in [6, 6.07) is 0.342. The van der Waals surface area contributed by atoms with E-state index in [4.69, 9.17) is 4.74 Å². The minimum Gasteiger partial charge on any atom is -0.377 e. The van der Waals surface area contributed by atoms with Crippen molar-refractivity contribution in [1.29, 1.82) is 0 Å². The van der Waals surface area contributed by atoms with Crippen LogP contribution in [0.3, 0.4) is 0 Å². The van der Waals surface area contributed by atoms with Crippen molar-refractivity contribution in [1.82, 2.24) is 15.5 Å². The molecule has 0 aromatic carbocycles. The maximum Gasteiger partial charge on any atom is 0.244 e. The van der Waals surface area contributed by atoms with Gasteiger partial charge < -0.3 is 20.3 Å². The van der Waals surface area contributed by atoms with Crippen molar-refractivity contribution in [3.8, 4) is 0 Å². The summed E-state index contributed by atoms with van der Waals surface area (Å²) in [6.07, 6.45) is 3.17. The molecule has 3 saturated heterocycles. The largest absolute Gasteiger partial charge is 0.377 e. The Morgan fingerprint density at radius 2 is 2.21 bits per heavy atom. The Hall–Kier alpha value is -1.14. The summed E-state index contributed by atoms with van der Waals surface area (Å²) >= 11 is 0. The van der Waals surface area contributed by atoms with Crippen molar-refractivity contribution >= 4 is 11.8 Å². The average Bonchev–Trinajstić information content (AvgIpc) is 3.08. The Labute approximate surface area is 112 Å². The molecule has 6 nitrogen and oxygen atoms in total. The van der Waals surface area contributed by atoms with Crippen molar-refractivity contribution in [3.05, 3.63) is 0 Å². The molecule has 4 atom stereocenters. The lowest BCUT2D eigenvalue weighted by Crippen LogP contribution is -2.57. The molecule has 4 unspecified atom stereocenters.